The maximum atomic E-state index is 5.94. The molecule has 0 radical (unpaired) electrons. The molecule has 21 heavy (non-hydrogen) atoms. The van der Waals surface area contributed by atoms with Gasteiger partial charge in [-0.15, -0.1) is 11.3 Å². The fraction of sp³-hybridized carbons (Fsp3) is 0.600. The molecule has 3 rings (SSSR count). The van der Waals surface area contributed by atoms with Crippen molar-refractivity contribution in [1.29, 1.82) is 0 Å². The highest BCUT2D eigenvalue weighted by molar-refractivity contribution is 7.11. The van der Waals surface area contributed by atoms with Gasteiger partial charge in [0, 0.05) is 42.4 Å². The molecule has 1 aliphatic rings. The van der Waals surface area contributed by atoms with E-state index in [1.807, 2.05) is 17.9 Å². The number of aromatic nitrogens is 3. The third kappa shape index (κ3) is 2.88. The summed E-state index contributed by atoms with van der Waals surface area (Å²) in [6.45, 7) is 7.90. The molecule has 0 bridgehead atoms. The van der Waals surface area contributed by atoms with E-state index in [0.29, 0.717) is 6.04 Å². The van der Waals surface area contributed by atoms with Crippen molar-refractivity contribution in [2.75, 3.05) is 6.61 Å². The third-order valence-electron chi connectivity index (χ3n) is 4.20. The lowest BCUT2D eigenvalue weighted by Crippen LogP contribution is -2.31. The van der Waals surface area contributed by atoms with Gasteiger partial charge in [0.15, 0.2) is 0 Å². The van der Waals surface area contributed by atoms with Gasteiger partial charge in [-0.05, 0) is 27.2 Å². The minimum absolute atomic E-state index is 0.105. The molecular formula is C15H22N4OS. The lowest BCUT2D eigenvalue weighted by molar-refractivity contribution is 0.0979. The second kappa shape index (κ2) is 5.87. The van der Waals surface area contributed by atoms with Gasteiger partial charge in [-0.25, -0.2) is 4.98 Å². The zero-order chi connectivity index (χ0) is 15.0. The molecule has 0 spiro atoms. The Balaban J connectivity index is 1.70. The van der Waals surface area contributed by atoms with Gasteiger partial charge >= 0.3 is 0 Å². The number of nitrogens with zero attached hydrogens (tertiary/aromatic N) is 3. The predicted octanol–water partition coefficient (Wildman–Crippen LogP) is 2.42. The summed E-state index contributed by atoms with van der Waals surface area (Å²) in [5.74, 6) is 0. The van der Waals surface area contributed by atoms with Crippen molar-refractivity contribution in [3.05, 3.63) is 33.0 Å². The van der Waals surface area contributed by atoms with Gasteiger partial charge in [-0.1, -0.05) is 0 Å². The second-order valence-corrected chi connectivity index (χ2v) is 6.91. The fourth-order valence-electron chi connectivity index (χ4n) is 2.86. The van der Waals surface area contributed by atoms with E-state index in [1.165, 1.54) is 16.1 Å². The normalized spacial score (nSPS) is 22.1. The first-order valence-corrected chi connectivity index (χ1v) is 8.14. The monoisotopic (exact) mass is 306 g/mol. The lowest BCUT2D eigenvalue weighted by atomic mass is 10.0. The number of thiazole rings is 1. The highest BCUT2D eigenvalue weighted by Gasteiger charge is 2.31. The van der Waals surface area contributed by atoms with Crippen molar-refractivity contribution in [1.82, 2.24) is 20.1 Å². The Hall–Kier alpha value is -1.24. The van der Waals surface area contributed by atoms with E-state index in [9.17, 15) is 0 Å². The molecule has 1 aliphatic heterocycles. The molecule has 2 aromatic heterocycles. The summed E-state index contributed by atoms with van der Waals surface area (Å²) < 4.78 is 7.85. The SMILES string of the molecule is Cc1nc(C)c(CN[C@H]2CCO[C@@H]2c2cnn(C)c2C)s1. The molecule has 2 atom stereocenters. The molecule has 0 amide bonds. The lowest BCUT2D eigenvalue weighted by Gasteiger charge is -2.19. The van der Waals surface area contributed by atoms with Crippen molar-refractivity contribution < 1.29 is 4.74 Å². The standard InChI is InChI=1S/C15H22N4OS/c1-9-14(21-11(3)18-9)8-16-13-5-6-20-15(13)12-7-17-19(4)10(12)2/h7,13,15-16H,5-6,8H2,1-4H3/t13-,15+/m0/s1. The zero-order valence-electron chi connectivity index (χ0n) is 13.0. The molecule has 0 aliphatic carbocycles. The van der Waals surface area contributed by atoms with Crippen LogP contribution in [0, 0.1) is 20.8 Å². The Labute approximate surface area is 129 Å². The van der Waals surface area contributed by atoms with Crippen LogP contribution in [-0.4, -0.2) is 27.4 Å². The first-order valence-electron chi connectivity index (χ1n) is 7.32. The number of hydrogen-bond donors (Lipinski definition) is 1. The summed E-state index contributed by atoms with van der Waals surface area (Å²) >= 11 is 1.77. The Morgan fingerprint density at radius 3 is 2.86 bits per heavy atom. The summed E-state index contributed by atoms with van der Waals surface area (Å²) in [6, 6.07) is 0.342. The van der Waals surface area contributed by atoms with Crippen LogP contribution in [0.3, 0.4) is 0 Å². The van der Waals surface area contributed by atoms with Crippen molar-refractivity contribution in [2.45, 2.75) is 45.9 Å². The van der Waals surface area contributed by atoms with E-state index in [-0.39, 0.29) is 6.10 Å². The summed E-state index contributed by atoms with van der Waals surface area (Å²) in [4.78, 5) is 5.81. The highest BCUT2D eigenvalue weighted by atomic mass is 32.1. The second-order valence-electron chi connectivity index (χ2n) is 5.62. The number of aryl methyl sites for hydroxylation is 3. The van der Waals surface area contributed by atoms with Crippen LogP contribution in [0.4, 0.5) is 0 Å². The van der Waals surface area contributed by atoms with Crippen molar-refractivity contribution in [2.24, 2.45) is 7.05 Å². The fourth-order valence-corrected chi connectivity index (χ4v) is 3.75. The van der Waals surface area contributed by atoms with Crippen LogP contribution >= 0.6 is 11.3 Å². The third-order valence-corrected chi connectivity index (χ3v) is 5.27. The maximum absolute atomic E-state index is 5.94. The minimum atomic E-state index is 0.105. The molecule has 114 valence electrons. The van der Waals surface area contributed by atoms with E-state index in [2.05, 4.69) is 36.2 Å². The maximum Gasteiger partial charge on any atom is 0.101 e. The number of rotatable bonds is 4. The Bertz CT molecular complexity index is 634. The molecule has 1 N–H and O–H groups in total. The topological polar surface area (TPSA) is 52.0 Å². The van der Waals surface area contributed by atoms with Gasteiger partial charge in [-0.2, -0.15) is 5.10 Å². The van der Waals surface area contributed by atoms with Crippen LogP contribution < -0.4 is 5.32 Å². The molecular weight excluding hydrogens is 284 g/mol. The van der Waals surface area contributed by atoms with Gasteiger partial charge < -0.3 is 10.1 Å². The van der Waals surface area contributed by atoms with Gasteiger partial charge in [0.2, 0.25) is 0 Å². The molecule has 0 unspecified atom stereocenters. The zero-order valence-corrected chi connectivity index (χ0v) is 13.8. The summed E-state index contributed by atoms with van der Waals surface area (Å²) in [5.41, 5.74) is 3.52. The molecule has 1 fully saturated rings. The molecule has 5 nitrogen and oxygen atoms in total. The van der Waals surface area contributed by atoms with Crippen LogP contribution in [0.25, 0.3) is 0 Å². The molecule has 1 saturated heterocycles. The van der Waals surface area contributed by atoms with Crippen LogP contribution in [0.5, 0.6) is 0 Å². The Kier molecular flexibility index (Phi) is 4.10. The number of nitrogens with one attached hydrogen (secondary N) is 1. The van der Waals surface area contributed by atoms with E-state index in [1.54, 1.807) is 11.3 Å². The van der Waals surface area contributed by atoms with Crippen LogP contribution in [-0.2, 0) is 18.3 Å². The first-order chi connectivity index (χ1) is 10.1. The number of ether oxygens (including phenoxy) is 1. The quantitative estimate of drug-likeness (QED) is 0.942. The molecule has 3 heterocycles. The van der Waals surface area contributed by atoms with E-state index in [4.69, 9.17) is 4.74 Å². The molecule has 0 saturated carbocycles. The van der Waals surface area contributed by atoms with Crippen LogP contribution in [0.15, 0.2) is 6.20 Å². The molecule has 0 aromatic carbocycles. The van der Waals surface area contributed by atoms with E-state index in [0.717, 1.165) is 30.3 Å². The summed E-state index contributed by atoms with van der Waals surface area (Å²) in [7, 11) is 1.97. The number of hydrogen-bond acceptors (Lipinski definition) is 5. The average Bonchev–Trinajstić information content (AvgIpc) is 3.10. The summed E-state index contributed by atoms with van der Waals surface area (Å²) in [5, 5.41) is 9.11. The minimum Gasteiger partial charge on any atom is -0.372 e. The van der Waals surface area contributed by atoms with Crippen molar-refractivity contribution in [3.8, 4) is 0 Å². The Morgan fingerprint density at radius 2 is 2.24 bits per heavy atom. The van der Waals surface area contributed by atoms with Crippen LogP contribution in [0.1, 0.15) is 39.4 Å². The van der Waals surface area contributed by atoms with Crippen molar-refractivity contribution in [3.63, 3.8) is 0 Å². The molecule has 6 heteroatoms. The molecule has 2 aromatic rings. The van der Waals surface area contributed by atoms with E-state index >= 15 is 0 Å². The Morgan fingerprint density at radius 1 is 1.43 bits per heavy atom. The van der Waals surface area contributed by atoms with E-state index < -0.39 is 0 Å². The smallest absolute Gasteiger partial charge is 0.101 e. The average molecular weight is 306 g/mol. The first kappa shape index (κ1) is 14.7. The van der Waals surface area contributed by atoms with Crippen LogP contribution in [0.2, 0.25) is 0 Å². The van der Waals surface area contributed by atoms with Gasteiger partial charge in [0.25, 0.3) is 0 Å². The van der Waals surface area contributed by atoms with Crippen molar-refractivity contribution >= 4 is 11.3 Å². The largest absolute Gasteiger partial charge is 0.372 e. The van der Waals surface area contributed by atoms with Gasteiger partial charge in [0.05, 0.1) is 16.9 Å². The highest BCUT2D eigenvalue weighted by Crippen LogP contribution is 2.31. The predicted molar refractivity (Wildman–Crippen MR) is 83.5 cm³/mol. The summed E-state index contributed by atoms with van der Waals surface area (Å²) in [6.07, 6.45) is 3.07. The van der Waals surface area contributed by atoms with Gasteiger partial charge in [-0.3, -0.25) is 4.68 Å². The van der Waals surface area contributed by atoms with Gasteiger partial charge in [0.1, 0.15) is 6.10 Å².